The Balaban J connectivity index is 2.11. The molecular formula is C11H11N3OS2. The zero-order valence-electron chi connectivity index (χ0n) is 9.34. The summed E-state index contributed by atoms with van der Waals surface area (Å²) in [5.74, 6) is 2.98. The van der Waals surface area contributed by atoms with Gasteiger partial charge in [0, 0.05) is 0 Å². The van der Waals surface area contributed by atoms with Crippen LogP contribution in [0.1, 0.15) is 24.7 Å². The smallest absolute Gasteiger partial charge is 0.269 e. The molecule has 2 aromatic heterocycles. The highest BCUT2D eigenvalue weighted by Crippen LogP contribution is 2.28. The van der Waals surface area contributed by atoms with E-state index in [2.05, 4.69) is 23.1 Å². The predicted molar refractivity (Wildman–Crippen MR) is 68.8 cm³/mol. The number of aromatic nitrogens is 2. The Bertz CT molecular complexity index is 527. The summed E-state index contributed by atoms with van der Waals surface area (Å²) < 4.78 is 5.17. The zero-order valence-corrected chi connectivity index (χ0v) is 11.0. The maximum Gasteiger partial charge on any atom is 0.269 e. The minimum absolute atomic E-state index is 0.448. The fourth-order valence-corrected chi connectivity index (χ4v) is 2.77. The number of rotatable bonds is 5. The van der Waals surface area contributed by atoms with Crippen molar-refractivity contribution in [3.05, 3.63) is 22.8 Å². The zero-order chi connectivity index (χ0) is 12.1. The Hall–Kier alpha value is -1.32. The molecule has 2 rings (SSSR count). The quantitative estimate of drug-likeness (QED) is 0.776. The van der Waals surface area contributed by atoms with Crippen molar-refractivity contribution in [2.24, 2.45) is 0 Å². The van der Waals surface area contributed by atoms with E-state index in [4.69, 9.17) is 9.78 Å². The van der Waals surface area contributed by atoms with Crippen LogP contribution in [0.3, 0.4) is 0 Å². The average Bonchev–Trinajstić information content (AvgIpc) is 2.96. The van der Waals surface area contributed by atoms with Crippen LogP contribution in [0.5, 0.6) is 0 Å². The standard InChI is InChI=1S/C11H11N3OS2/c1-2-4-16-7-9-13-11(15-14-9)10-8(6-12)3-5-17-10/h3,5H,2,4,7H2,1H3. The molecule has 0 bridgehead atoms. The number of nitriles is 1. The highest BCUT2D eigenvalue weighted by Gasteiger charge is 2.14. The van der Waals surface area contributed by atoms with Crippen LogP contribution in [-0.4, -0.2) is 15.9 Å². The maximum atomic E-state index is 8.91. The van der Waals surface area contributed by atoms with Crippen molar-refractivity contribution in [3.63, 3.8) is 0 Å². The van der Waals surface area contributed by atoms with Gasteiger partial charge >= 0.3 is 0 Å². The van der Waals surface area contributed by atoms with Gasteiger partial charge in [-0.2, -0.15) is 22.0 Å². The SMILES string of the molecule is CCCSCc1noc(-c2sccc2C#N)n1. The van der Waals surface area contributed by atoms with Gasteiger partial charge in [0.25, 0.3) is 5.89 Å². The molecule has 6 heteroatoms. The van der Waals surface area contributed by atoms with E-state index in [-0.39, 0.29) is 0 Å². The van der Waals surface area contributed by atoms with E-state index in [1.807, 2.05) is 5.38 Å². The Morgan fingerprint density at radius 1 is 1.59 bits per heavy atom. The number of nitrogens with zero attached hydrogens (tertiary/aromatic N) is 3. The second kappa shape index (κ2) is 5.84. The molecule has 2 heterocycles. The highest BCUT2D eigenvalue weighted by atomic mass is 32.2. The molecule has 0 N–H and O–H groups in total. The molecule has 0 aliphatic rings. The lowest BCUT2D eigenvalue weighted by Crippen LogP contribution is -1.85. The van der Waals surface area contributed by atoms with E-state index < -0.39 is 0 Å². The fourth-order valence-electron chi connectivity index (χ4n) is 1.28. The van der Waals surface area contributed by atoms with Crippen LogP contribution in [0.15, 0.2) is 16.0 Å². The van der Waals surface area contributed by atoms with Gasteiger partial charge in [-0.3, -0.25) is 0 Å². The molecule has 0 spiro atoms. The summed E-state index contributed by atoms with van der Waals surface area (Å²) in [4.78, 5) is 5.05. The van der Waals surface area contributed by atoms with Gasteiger partial charge in [0.15, 0.2) is 5.82 Å². The summed E-state index contributed by atoms with van der Waals surface area (Å²) >= 11 is 3.22. The molecule has 0 saturated carbocycles. The van der Waals surface area contributed by atoms with Crippen molar-refractivity contribution in [2.45, 2.75) is 19.1 Å². The summed E-state index contributed by atoms with van der Waals surface area (Å²) in [5, 5.41) is 14.7. The molecule has 0 fully saturated rings. The first-order valence-electron chi connectivity index (χ1n) is 5.23. The van der Waals surface area contributed by atoms with Gasteiger partial charge in [-0.25, -0.2) is 0 Å². The summed E-state index contributed by atoms with van der Waals surface area (Å²) in [6.45, 7) is 2.14. The van der Waals surface area contributed by atoms with E-state index >= 15 is 0 Å². The first kappa shape index (κ1) is 12.1. The molecule has 4 nitrogen and oxygen atoms in total. The Morgan fingerprint density at radius 2 is 2.47 bits per heavy atom. The predicted octanol–water partition coefficient (Wildman–Crippen LogP) is 3.31. The van der Waals surface area contributed by atoms with Gasteiger partial charge in [-0.1, -0.05) is 12.1 Å². The molecule has 17 heavy (non-hydrogen) atoms. The van der Waals surface area contributed by atoms with E-state index in [0.717, 1.165) is 22.8 Å². The first-order chi connectivity index (χ1) is 8.35. The average molecular weight is 265 g/mol. The van der Waals surface area contributed by atoms with Crippen molar-refractivity contribution in [1.29, 1.82) is 5.26 Å². The molecule has 0 aliphatic heterocycles. The second-order valence-electron chi connectivity index (χ2n) is 3.34. The normalized spacial score (nSPS) is 10.4. The second-order valence-corrected chi connectivity index (χ2v) is 5.36. The molecule has 0 saturated heterocycles. The molecule has 0 amide bonds. The molecule has 0 aliphatic carbocycles. The number of hydrogen-bond donors (Lipinski definition) is 0. The number of thioether (sulfide) groups is 1. The van der Waals surface area contributed by atoms with Crippen LogP contribution in [0, 0.1) is 11.3 Å². The molecule has 88 valence electrons. The van der Waals surface area contributed by atoms with Gasteiger partial charge in [-0.05, 0) is 23.6 Å². The summed E-state index contributed by atoms with van der Waals surface area (Å²) in [5.41, 5.74) is 0.589. The highest BCUT2D eigenvalue weighted by molar-refractivity contribution is 7.98. The van der Waals surface area contributed by atoms with Crippen LogP contribution in [0.2, 0.25) is 0 Å². The number of thiophene rings is 1. The van der Waals surface area contributed by atoms with Gasteiger partial charge in [-0.15, -0.1) is 11.3 Å². The third-order valence-electron chi connectivity index (χ3n) is 2.03. The van der Waals surface area contributed by atoms with E-state index in [1.54, 1.807) is 17.8 Å². The monoisotopic (exact) mass is 265 g/mol. The topological polar surface area (TPSA) is 62.7 Å². The minimum Gasteiger partial charge on any atom is -0.333 e. The van der Waals surface area contributed by atoms with Crippen molar-refractivity contribution in [3.8, 4) is 16.8 Å². The van der Waals surface area contributed by atoms with Crippen LogP contribution >= 0.6 is 23.1 Å². The summed E-state index contributed by atoms with van der Waals surface area (Å²) in [7, 11) is 0. The molecule has 0 radical (unpaired) electrons. The third kappa shape index (κ3) is 2.87. The molecule has 0 atom stereocenters. The van der Waals surface area contributed by atoms with Crippen molar-refractivity contribution in [1.82, 2.24) is 10.1 Å². The summed E-state index contributed by atoms with van der Waals surface area (Å²) in [6, 6.07) is 3.87. The van der Waals surface area contributed by atoms with Crippen molar-refractivity contribution in [2.75, 3.05) is 5.75 Å². The van der Waals surface area contributed by atoms with Gasteiger partial charge < -0.3 is 4.52 Å². The van der Waals surface area contributed by atoms with Crippen molar-refractivity contribution < 1.29 is 4.52 Å². The first-order valence-corrected chi connectivity index (χ1v) is 7.27. The van der Waals surface area contributed by atoms with Gasteiger partial charge in [0.05, 0.1) is 11.3 Å². The molecule has 0 unspecified atom stereocenters. The molecule has 2 aromatic rings. The van der Waals surface area contributed by atoms with E-state index in [0.29, 0.717) is 17.3 Å². The Kier molecular flexibility index (Phi) is 4.18. The minimum atomic E-state index is 0.448. The van der Waals surface area contributed by atoms with Crippen molar-refractivity contribution >= 4 is 23.1 Å². The van der Waals surface area contributed by atoms with Crippen LogP contribution in [0.25, 0.3) is 10.8 Å². The van der Waals surface area contributed by atoms with Crippen LogP contribution < -0.4 is 0 Å². The van der Waals surface area contributed by atoms with Crippen LogP contribution in [0.4, 0.5) is 0 Å². The largest absolute Gasteiger partial charge is 0.333 e. The lowest BCUT2D eigenvalue weighted by atomic mass is 10.3. The fraction of sp³-hybridized carbons (Fsp3) is 0.364. The lowest BCUT2D eigenvalue weighted by molar-refractivity contribution is 0.426. The lowest BCUT2D eigenvalue weighted by Gasteiger charge is -1.91. The third-order valence-corrected chi connectivity index (χ3v) is 4.09. The number of hydrogen-bond acceptors (Lipinski definition) is 6. The summed E-state index contributed by atoms with van der Waals surface area (Å²) in [6.07, 6.45) is 1.14. The Labute approximate surface area is 108 Å². The Morgan fingerprint density at radius 3 is 3.24 bits per heavy atom. The van der Waals surface area contributed by atoms with Gasteiger partial charge in [0.1, 0.15) is 10.9 Å². The van der Waals surface area contributed by atoms with Crippen LogP contribution in [-0.2, 0) is 5.75 Å². The molecule has 0 aromatic carbocycles. The van der Waals surface area contributed by atoms with E-state index in [1.165, 1.54) is 11.3 Å². The van der Waals surface area contributed by atoms with E-state index in [9.17, 15) is 0 Å². The molecular weight excluding hydrogens is 254 g/mol. The maximum absolute atomic E-state index is 8.91. The van der Waals surface area contributed by atoms with Gasteiger partial charge in [0.2, 0.25) is 0 Å².